The second kappa shape index (κ2) is 8.02. The van der Waals surface area contributed by atoms with Gasteiger partial charge in [-0.3, -0.25) is 4.98 Å². The molecule has 0 radical (unpaired) electrons. The molecule has 0 amide bonds. The van der Waals surface area contributed by atoms with Gasteiger partial charge >= 0.3 is 0 Å². The molecule has 3 aromatic rings. The van der Waals surface area contributed by atoms with Gasteiger partial charge < -0.3 is 14.7 Å². The molecule has 3 heterocycles. The van der Waals surface area contributed by atoms with Crippen LogP contribution in [0.5, 0.6) is 0 Å². The summed E-state index contributed by atoms with van der Waals surface area (Å²) in [5, 5.41) is 10.3. The van der Waals surface area contributed by atoms with E-state index in [1.54, 1.807) is 6.20 Å². The smallest absolute Gasteiger partial charge is 0.132 e. The molecule has 0 bridgehead atoms. The summed E-state index contributed by atoms with van der Waals surface area (Å²) in [7, 11) is 4.18. The second-order valence-electron chi connectivity index (χ2n) is 7.55. The van der Waals surface area contributed by atoms with Crippen LogP contribution in [-0.4, -0.2) is 60.1 Å². The van der Waals surface area contributed by atoms with E-state index in [0.29, 0.717) is 12.1 Å². The van der Waals surface area contributed by atoms with Crippen molar-refractivity contribution in [3.63, 3.8) is 0 Å². The first-order valence-corrected chi connectivity index (χ1v) is 9.82. The van der Waals surface area contributed by atoms with E-state index in [4.69, 9.17) is 0 Å². The summed E-state index contributed by atoms with van der Waals surface area (Å²) in [5.74, 6) is 1.78. The first-order valence-electron chi connectivity index (χ1n) is 9.82. The van der Waals surface area contributed by atoms with Gasteiger partial charge in [0.15, 0.2) is 0 Å². The number of rotatable bonds is 4. The number of piperazine rings is 1. The van der Waals surface area contributed by atoms with Crippen molar-refractivity contribution in [3.05, 3.63) is 53.6 Å². The lowest BCUT2D eigenvalue weighted by Gasteiger charge is -2.33. The number of anilines is 2. The van der Waals surface area contributed by atoms with Crippen LogP contribution < -0.4 is 9.80 Å². The number of aryl methyl sites for hydroxylation is 1. The SMILES string of the molecule is Cc1nc(CN(C)c2ccc(C#N)c3cccnc23)cc(N2CCN(C)CC2)n1. The standard InChI is InChI=1S/C22H25N7/c1-16-25-18(13-21(26-16)29-11-9-27(2)10-12-29)15-28(3)20-7-6-17(14-23)19-5-4-8-24-22(19)20/h4-8,13H,9-12,15H2,1-3H3. The van der Waals surface area contributed by atoms with E-state index in [1.165, 1.54) is 0 Å². The Morgan fingerprint density at radius 1 is 1.14 bits per heavy atom. The Labute approximate surface area is 171 Å². The minimum atomic E-state index is 0.639. The van der Waals surface area contributed by atoms with Crippen LogP contribution in [0.4, 0.5) is 11.5 Å². The first kappa shape index (κ1) is 19.1. The summed E-state index contributed by atoms with van der Waals surface area (Å²) in [4.78, 5) is 20.7. The fourth-order valence-electron chi connectivity index (χ4n) is 3.78. The molecule has 4 rings (SSSR count). The van der Waals surface area contributed by atoms with Gasteiger partial charge in [0.2, 0.25) is 0 Å². The molecule has 0 unspecified atom stereocenters. The topological polar surface area (TPSA) is 72.2 Å². The minimum Gasteiger partial charge on any atom is -0.367 e. The van der Waals surface area contributed by atoms with Gasteiger partial charge in [0, 0.05) is 50.9 Å². The lowest BCUT2D eigenvalue weighted by atomic mass is 10.1. The average molecular weight is 387 g/mol. The van der Waals surface area contributed by atoms with Crippen LogP contribution in [0.25, 0.3) is 10.9 Å². The molecule has 29 heavy (non-hydrogen) atoms. The van der Waals surface area contributed by atoms with Gasteiger partial charge in [-0.1, -0.05) is 0 Å². The van der Waals surface area contributed by atoms with Crippen molar-refractivity contribution in [3.8, 4) is 6.07 Å². The number of hydrogen-bond acceptors (Lipinski definition) is 7. The molecule has 0 saturated carbocycles. The molecule has 1 saturated heterocycles. The van der Waals surface area contributed by atoms with Crippen molar-refractivity contribution in [2.75, 3.05) is 50.1 Å². The molecule has 1 aromatic carbocycles. The van der Waals surface area contributed by atoms with Gasteiger partial charge in [-0.2, -0.15) is 5.26 Å². The number of aromatic nitrogens is 3. The third-order valence-electron chi connectivity index (χ3n) is 5.38. The van der Waals surface area contributed by atoms with Crippen molar-refractivity contribution in [1.82, 2.24) is 19.9 Å². The molecular weight excluding hydrogens is 362 g/mol. The fourth-order valence-corrected chi connectivity index (χ4v) is 3.78. The molecule has 1 aliphatic rings. The van der Waals surface area contributed by atoms with Crippen molar-refractivity contribution < 1.29 is 0 Å². The predicted octanol–water partition coefficient (Wildman–Crippen LogP) is 2.59. The van der Waals surface area contributed by atoms with Crippen LogP contribution in [0.15, 0.2) is 36.5 Å². The van der Waals surface area contributed by atoms with Crippen molar-refractivity contribution >= 4 is 22.4 Å². The molecule has 0 atom stereocenters. The molecular formula is C22H25N7. The molecule has 0 aliphatic carbocycles. The summed E-state index contributed by atoms with van der Waals surface area (Å²) in [6.45, 7) is 6.63. The van der Waals surface area contributed by atoms with E-state index in [9.17, 15) is 5.26 Å². The normalized spacial score (nSPS) is 14.8. The summed E-state index contributed by atoms with van der Waals surface area (Å²) in [5.41, 5.74) is 3.43. The van der Waals surface area contributed by atoms with Crippen molar-refractivity contribution in [1.29, 1.82) is 5.26 Å². The largest absolute Gasteiger partial charge is 0.367 e. The highest BCUT2D eigenvalue weighted by Gasteiger charge is 2.17. The zero-order chi connectivity index (χ0) is 20.4. The number of pyridine rings is 1. The quantitative estimate of drug-likeness (QED) is 0.681. The average Bonchev–Trinajstić information content (AvgIpc) is 2.73. The van der Waals surface area contributed by atoms with E-state index in [-0.39, 0.29) is 0 Å². The molecule has 0 N–H and O–H groups in total. The molecule has 2 aromatic heterocycles. The van der Waals surface area contributed by atoms with Crippen LogP contribution in [0.2, 0.25) is 0 Å². The van der Waals surface area contributed by atoms with Crippen LogP contribution in [0, 0.1) is 18.3 Å². The Morgan fingerprint density at radius 3 is 2.69 bits per heavy atom. The number of hydrogen-bond donors (Lipinski definition) is 0. The zero-order valence-corrected chi connectivity index (χ0v) is 17.1. The number of nitrogens with zero attached hydrogens (tertiary/aromatic N) is 7. The third-order valence-corrected chi connectivity index (χ3v) is 5.38. The predicted molar refractivity (Wildman–Crippen MR) is 115 cm³/mol. The molecule has 1 fully saturated rings. The first-order chi connectivity index (χ1) is 14.0. The van der Waals surface area contributed by atoms with Crippen LogP contribution in [0.1, 0.15) is 17.1 Å². The highest BCUT2D eigenvalue weighted by molar-refractivity contribution is 5.94. The lowest BCUT2D eigenvalue weighted by Crippen LogP contribution is -2.45. The number of fused-ring (bicyclic) bond motifs is 1. The highest BCUT2D eigenvalue weighted by Crippen LogP contribution is 2.28. The zero-order valence-electron chi connectivity index (χ0n) is 17.1. The molecule has 7 heteroatoms. The van der Waals surface area contributed by atoms with Crippen LogP contribution >= 0.6 is 0 Å². The van der Waals surface area contributed by atoms with Gasteiger partial charge in [-0.15, -0.1) is 0 Å². The van der Waals surface area contributed by atoms with Crippen LogP contribution in [-0.2, 0) is 6.54 Å². The Bertz CT molecular complexity index is 1060. The van der Waals surface area contributed by atoms with Gasteiger partial charge in [-0.25, -0.2) is 9.97 Å². The maximum absolute atomic E-state index is 9.39. The molecule has 7 nitrogen and oxygen atoms in total. The van der Waals surface area contributed by atoms with Crippen molar-refractivity contribution in [2.24, 2.45) is 0 Å². The number of nitriles is 1. The third kappa shape index (κ3) is 3.98. The van der Waals surface area contributed by atoms with E-state index >= 15 is 0 Å². The second-order valence-corrected chi connectivity index (χ2v) is 7.55. The van der Waals surface area contributed by atoms with Crippen LogP contribution in [0.3, 0.4) is 0 Å². The summed E-state index contributed by atoms with van der Waals surface area (Å²) >= 11 is 0. The maximum atomic E-state index is 9.39. The minimum absolute atomic E-state index is 0.639. The summed E-state index contributed by atoms with van der Waals surface area (Å²) < 4.78 is 0. The van der Waals surface area contributed by atoms with E-state index in [2.05, 4.69) is 48.8 Å². The Kier molecular flexibility index (Phi) is 5.28. The van der Waals surface area contributed by atoms with E-state index in [0.717, 1.165) is 60.1 Å². The lowest BCUT2D eigenvalue weighted by molar-refractivity contribution is 0.312. The van der Waals surface area contributed by atoms with Gasteiger partial charge in [0.25, 0.3) is 0 Å². The number of likely N-dealkylation sites (N-methyl/N-ethyl adjacent to an activating group) is 1. The van der Waals surface area contributed by atoms with E-state index in [1.807, 2.05) is 38.2 Å². The fraction of sp³-hybridized carbons (Fsp3) is 0.364. The summed E-state index contributed by atoms with van der Waals surface area (Å²) in [6, 6.07) is 12.0. The molecule has 0 spiro atoms. The van der Waals surface area contributed by atoms with Crippen molar-refractivity contribution in [2.45, 2.75) is 13.5 Å². The Balaban J connectivity index is 1.62. The number of benzene rings is 1. The molecule has 148 valence electrons. The van der Waals surface area contributed by atoms with E-state index < -0.39 is 0 Å². The summed E-state index contributed by atoms with van der Waals surface area (Å²) in [6.07, 6.45) is 1.77. The Morgan fingerprint density at radius 2 is 1.93 bits per heavy atom. The van der Waals surface area contributed by atoms with Gasteiger partial charge in [-0.05, 0) is 38.2 Å². The monoisotopic (exact) mass is 387 g/mol. The maximum Gasteiger partial charge on any atom is 0.132 e. The highest BCUT2D eigenvalue weighted by atomic mass is 15.3. The molecule has 1 aliphatic heterocycles. The van der Waals surface area contributed by atoms with Gasteiger partial charge in [0.1, 0.15) is 11.6 Å². The Hall–Kier alpha value is -3.24. The van der Waals surface area contributed by atoms with Gasteiger partial charge in [0.05, 0.1) is 35.1 Å².